The zero-order valence-corrected chi connectivity index (χ0v) is 15.1. The molecule has 0 spiro atoms. The first-order valence-corrected chi connectivity index (χ1v) is 9.76. The zero-order valence-electron chi connectivity index (χ0n) is 14.3. The Morgan fingerprint density at radius 1 is 1.20 bits per heavy atom. The molecule has 0 unspecified atom stereocenters. The smallest absolute Gasteiger partial charge is 0.239 e. The number of hydrogen-bond donors (Lipinski definition) is 2. The Labute approximate surface area is 151 Å². The summed E-state index contributed by atoms with van der Waals surface area (Å²) in [6.45, 7) is 1.16. The monoisotopic (exact) mass is 364 g/mol. The Balaban J connectivity index is 1.41. The summed E-state index contributed by atoms with van der Waals surface area (Å²) in [6, 6.07) is 0. The van der Waals surface area contributed by atoms with Gasteiger partial charge in [0.25, 0.3) is 0 Å². The molecule has 0 saturated carbocycles. The zero-order chi connectivity index (χ0) is 17.6. The molecular formula is C17H24N4O3S. The molecule has 0 atom stereocenters. The fraction of sp³-hybridized carbons (Fsp3) is 0.647. The molecule has 1 fully saturated rings. The van der Waals surface area contributed by atoms with E-state index in [-0.39, 0.29) is 37.1 Å². The summed E-state index contributed by atoms with van der Waals surface area (Å²) in [7, 11) is 0. The van der Waals surface area contributed by atoms with E-state index in [0.29, 0.717) is 24.6 Å². The predicted octanol–water partition coefficient (Wildman–Crippen LogP) is 1.48. The van der Waals surface area contributed by atoms with E-state index in [1.807, 2.05) is 0 Å². The van der Waals surface area contributed by atoms with Crippen LogP contribution in [0.5, 0.6) is 0 Å². The van der Waals surface area contributed by atoms with E-state index in [1.165, 1.54) is 24.1 Å². The molecule has 3 amide bonds. The Bertz CT molecular complexity index is 635. The highest BCUT2D eigenvalue weighted by atomic mass is 32.1. The van der Waals surface area contributed by atoms with Gasteiger partial charge < -0.3 is 15.5 Å². The first-order chi connectivity index (χ1) is 12.1. The molecule has 2 heterocycles. The normalized spacial score (nSPS) is 17.4. The molecule has 8 heteroatoms. The first-order valence-electron chi connectivity index (χ1n) is 8.95. The molecule has 0 bridgehead atoms. The van der Waals surface area contributed by atoms with E-state index in [0.717, 1.165) is 18.5 Å². The van der Waals surface area contributed by atoms with Gasteiger partial charge in [0.15, 0.2) is 5.13 Å². The Morgan fingerprint density at radius 2 is 2.04 bits per heavy atom. The highest BCUT2D eigenvalue weighted by Crippen LogP contribution is 2.29. The summed E-state index contributed by atoms with van der Waals surface area (Å²) < 4.78 is 0. The number of carbonyl (C=O) groups excluding carboxylic acids is 3. The van der Waals surface area contributed by atoms with Gasteiger partial charge in [-0.15, -0.1) is 11.3 Å². The highest BCUT2D eigenvalue weighted by molar-refractivity contribution is 7.15. The van der Waals surface area contributed by atoms with Crippen molar-refractivity contribution in [3.05, 3.63) is 10.6 Å². The molecule has 1 aromatic heterocycles. The van der Waals surface area contributed by atoms with E-state index in [9.17, 15) is 14.4 Å². The second kappa shape index (κ2) is 8.42. The van der Waals surface area contributed by atoms with Crippen molar-refractivity contribution in [1.29, 1.82) is 0 Å². The molecule has 25 heavy (non-hydrogen) atoms. The quantitative estimate of drug-likeness (QED) is 0.774. The van der Waals surface area contributed by atoms with Gasteiger partial charge in [0, 0.05) is 30.8 Å². The molecule has 1 aliphatic carbocycles. The molecule has 1 aliphatic heterocycles. The SMILES string of the molecule is O=C1CN(C(=O)CCCC(=O)Nc2nc3c(s2)CCCCC3)CCN1. The van der Waals surface area contributed by atoms with Crippen LogP contribution < -0.4 is 10.6 Å². The third kappa shape index (κ3) is 5.01. The van der Waals surface area contributed by atoms with Crippen molar-refractivity contribution < 1.29 is 14.4 Å². The number of aromatic nitrogens is 1. The maximum absolute atomic E-state index is 12.1. The third-order valence-corrected chi connectivity index (χ3v) is 5.60. The number of fused-ring (bicyclic) bond motifs is 1. The molecule has 2 N–H and O–H groups in total. The lowest BCUT2D eigenvalue weighted by molar-refractivity contribution is -0.138. The number of amides is 3. The van der Waals surface area contributed by atoms with Crippen LogP contribution in [0.15, 0.2) is 0 Å². The van der Waals surface area contributed by atoms with E-state index < -0.39 is 0 Å². The maximum Gasteiger partial charge on any atom is 0.239 e. The van der Waals surface area contributed by atoms with Crippen LogP contribution in [0.4, 0.5) is 5.13 Å². The van der Waals surface area contributed by atoms with E-state index in [4.69, 9.17) is 0 Å². The van der Waals surface area contributed by atoms with Gasteiger partial charge in [0.2, 0.25) is 17.7 Å². The van der Waals surface area contributed by atoms with Gasteiger partial charge in [-0.3, -0.25) is 14.4 Å². The van der Waals surface area contributed by atoms with E-state index in [1.54, 1.807) is 16.2 Å². The Morgan fingerprint density at radius 3 is 2.88 bits per heavy atom. The van der Waals surface area contributed by atoms with Crippen LogP contribution in [-0.2, 0) is 27.2 Å². The summed E-state index contributed by atoms with van der Waals surface area (Å²) in [5, 5.41) is 6.23. The molecule has 136 valence electrons. The Hall–Kier alpha value is -1.96. The van der Waals surface area contributed by atoms with Crippen LogP contribution in [0.25, 0.3) is 0 Å². The minimum atomic E-state index is -0.124. The van der Waals surface area contributed by atoms with Crippen LogP contribution in [0.2, 0.25) is 0 Å². The standard InChI is InChI=1S/C17H24N4O3S/c22-14(7-4-8-16(24)21-10-9-18-15(23)11-21)20-17-19-12-5-2-1-3-6-13(12)25-17/h1-11H2,(H,18,23)(H,19,20,22). The fourth-order valence-electron chi connectivity index (χ4n) is 3.17. The summed E-state index contributed by atoms with van der Waals surface area (Å²) in [5.41, 5.74) is 1.14. The van der Waals surface area contributed by atoms with Gasteiger partial charge in [-0.05, 0) is 32.1 Å². The van der Waals surface area contributed by atoms with Crippen molar-refractivity contribution in [3.8, 4) is 0 Å². The van der Waals surface area contributed by atoms with Crippen molar-refractivity contribution in [2.24, 2.45) is 0 Å². The maximum atomic E-state index is 12.1. The second-order valence-electron chi connectivity index (χ2n) is 6.52. The van der Waals surface area contributed by atoms with Gasteiger partial charge in [0.05, 0.1) is 12.2 Å². The van der Waals surface area contributed by atoms with Crippen LogP contribution >= 0.6 is 11.3 Å². The number of carbonyl (C=O) groups is 3. The van der Waals surface area contributed by atoms with Crippen molar-refractivity contribution in [3.63, 3.8) is 0 Å². The molecule has 2 aliphatic rings. The van der Waals surface area contributed by atoms with Gasteiger partial charge in [0.1, 0.15) is 0 Å². The number of thiazole rings is 1. The fourth-order valence-corrected chi connectivity index (χ4v) is 4.24. The third-order valence-electron chi connectivity index (χ3n) is 4.53. The Kier molecular flexibility index (Phi) is 6.01. The van der Waals surface area contributed by atoms with Crippen LogP contribution in [0.3, 0.4) is 0 Å². The number of hydrogen-bond acceptors (Lipinski definition) is 5. The number of rotatable bonds is 5. The molecule has 1 saturated heterocycles. The largest absolute Gasteiger partial charge is 0.353 e. The van der Waals surface area contributed by atoms with Crippen molar-refractivity contribution >= 4 is 34.2 Å². The topological polar surface area (TPSA) is 91.4 Å². The summed E-state index contributed by atoms with van der Waals surface area (Å²) in [5.74, 6) is -0.294. The predicted molar refractivity (Wildman–Crippen MR) is 95.4 cm³/mol. The van der Waals surface area contributed by atoms with Gasteiger partial charge in [-0.1, -0.05) is 6.42 Å². The number of nitrogens with one attached hydrogen (secondary N) is 2. The molecule has 1 aromatic rings. The van der Waals surface area contributed by atoms with Crippen molar-refractivity contribution in [2.75, 3.05) is 25.0 Å². The second-order valence-corrected chi connectivity index (χ2v) is 7.60. The summed E-state index contributed by atoms with van der Waals surface area (Å²) >= 11 is 1.58. The van der Waals surface area contributed by atoms with Crippen LogP contribution in [0.1, 0.15) is 49.1 Å². The lowest BCUT2D eigenvalue weighted by Gasteiger charge is -2.26. The minimum absolute atomic E-state index is 0.0661. The molecule has 7 nitrogen and oxygen atoms in total. The average Bonchev–Trinajstić information content (AvgIpc) is 2.83. The average molecular weight is 364 g/mol. The van der Waals surface area contributed by atoms with Gasteiger partial charge in [-0.25, -0.2) is 4.98 Å². The molecule has 0 radical (unpaired) electrons. The first kappa shape index (κ1) is 17.8. The number of piperazine rings is 1. The minimum Gasteiger partial charge on any atom is -0.353 e. The van der Waals surface area contributed by atoms with Crippen LogP contribution in [-0.4, -0.2) is 47.2 Å². The van der Waals surface area contributed by atoms with Crippen molar-refractivity contribution in [1.82, 2.24) is 15.2 Å². The van der Waals surface area contributed by atoms with Crippen molar-refractivity contribution in [2.45, 2.75) is 51.4 Å². The molecular weight excluding hydrogens is 340 g/mol. The lowest BCUT2D eigenvalue weighted by Crippen LogP contribution is -2.49. The van der Waals surface area contributed by atoms with E-state index >= 15 is 0 Å². The summed E-state index contributed by atoms with van der Waals surface area (Å²) in [6.07, 6.45) is 6.72. The van der Waals surface area contributed by atoms with Gasteiger partial charge >= 0.3 is 0 Å². The number of anilines is 1. The highest BCUT2D eigenvalue weighted by Gasteiger charge is 2.21. The molecule has 0 aromatic carbocycles. The van der Waals surface area contributed by atoms with Gasteiger partial charge in [-0.2, -0.15) is 0 Å². The molecule has 3 rings (SSSR count). The lowest BCUT2D eigenvalue weighted by atomic mass is 10.2. The van der Waals surface area contributed by atoms with E-state index in [2.05, 4.69) is 15.6 Å². The number of aryl methyl sites for hydroxylation is 2. The number of nitrogens with zero attached hydrogens (tertiary/aromatic N) is 2. The summed E-state index contributed by atoms with van der Waals surface area (Å²) in [4.78, 5) is 42.8. The van der Waals surface area contributed by atoms with Crippen LogP contribution in [0, 0.1) is 0 Å².